The van der Waals surface area contributed by atoms with Gasteiger partial charge in [0.05, 0.1) is 0 Å². The standard InChI is InChI=1S/C9H14N2O2/c1-3-5-11(4-2)7-6(10)8(12)9(7)13/h3-5,10H2,1-2H3. The Hall–Kier alpha value is -1.32. The maximum atomic E-state index is 11.1. The van der Waals surface area contributed by atoms with Crippen LogP contribution in [0.1, 0.15) is 20.3 Å². The second-order valence-electron chi connectivity index (χ2n) is 3.00. The predicted molar refractivity (Wildman–Crippen MR) is 53.9 cm³/mol. The summed E-state index contributed by atoms with van der Waals surface area (Å²) in [5.41, 5.74) is 4.99. The number of hydrogen-bond acceptors (Lipinski definition) is 4. The van der Waals surface area contributed by atoms with Gasteiger partial charge in [0.25, 0.3) is 10.9 Å². The monoisotopic (exact) mass is 182 g/mol. The van der Waals surface area contributed by atoms with Crippen LogP contribution in [-0.2, 0) is 0 Å². The smallest absolute Gasteiger partial charge is 0.253 e. The van der Waals surface area contributed by atoms with Crippen molar-refractivity contribution in [2.24, 2.45) is 0 Å². The summed E-state index contributed by atoms with van der Waals surface area (Å²) in [5, 5.41) is 0. The van der Waals surface area contributed by atoms with E-state index < -0.39 is 10.9 Å². The van der Waals surface area contributed by atoms with E-state index in [-0.39, 0.29) is 5.69 Å². The van der Waals surface area contributed by atoms with Crippen LogP contribution in [-0.4, -0.2) is 13.1 Å². The Morgan fingerprint density at radius 1 is 1.23 bits per heavy atom. The van der Waals surface area contributed by atoms with Gasteiger partial charge < -0.3 is 10.6 Å². The topological polar surface area (TPSA) is 63.4 Å². The summed E-state index contributed by atoms with van der Waals surface area (Å²) >= 11 is 0. The van der Waals surface area contributed by atoms with Gasteiger partial charge in [-0.05, 0) is 13.3 Å². The maximum absolute atomic E-state index is 11.1. The molecule has 13 heavy (non-hydrogen) atoms. The van der Waals surface area contributed by atoms with E-state index in [1.54, 1.807) is 0 Å². The Kier molecular flexibility index (Phi) is 2.70. The van der Waals surface area contributed by atoms with Crippen molar-refractivity contribution in [1.29, 1.82) is 0 Å². The van der Waals surface area contributed by atoms with Gasteiger partial charge in [-0.3, -0.25) is 9.59 Å². The largest absolute Gasteiger partial charge is 0.394 e. The van der Waals surface area contributed by atoms with Gasteiger partial charge in [-0.25, -0.2) is 0 Å². The van der Waals surface area contributed by atoms with Crippen LogP contribution >= 0.6 is 0 Å². The average Bonchev–Trinajstić information content (AvgIpc) is 2.16. The highest BCUT2D eigenvalue weighted by Gasteiger charge is 2.21. The van der Waals surface area contributed by atoms with E-state index in [1.807, 2.05) is 18.7 Å². The summed E-state index contributed by atoms with van der Waals surface area (Å²) in [6, 6.07) is 0. The molecule has 0 atom stereocenters. The van der Waals surface area contributed by atoms with E-state index in [0.29, 0.717) is 12.2 Å². The van der Waals surface area contributed by atoms with Crippen molar-refractivity contribution in [3.05, 3.63) is 20.4 Å². The Bertz CT molecular complexity index is 363. The van der Waals surface area contributed by atoms with E-state index >= 15 is 0 Å². The minimum atomic E-state index is -0.537. The van der Waals surface area contributed by atoms with Crippen molar-refractivity contribution in [3.8, 4) is 0 Å². The van der Waals surface area contributed by atoms with Gasteiger partial charge in [0, 0.05) is 13.1 Å². The minimum absolute atomic E-state index is 0.125. The quantitative estimate of drug-likeness (QED) is 0.671. The van der Waals surface area contributed by atoms with Crippen LogP contribution in [0, 0.1) is 0 Å². The molecule has 0 aliphatic heterocycles. The Morgan fingerprint density at radius 2 is 1.85 bits per heavy atom. The summed E-state index contributed by atoms with van der Waals surface area (Å²) in [5.74, 6) is 0. The third-order valence-corrected chi connectivity index (χ3v) is 2.11. The normalized spacial score (nSPS) is 10.6. The highest BCUT2D eigenvalue weighted by atomic mass is 16.2. The van der Waals surface area contributed by atoms with Gasteiger partial charge in [-0.1, -0.05) is 6.92 Å². The molecule has 0 saturated carbocycles. The van der Waals surface area contributed by atoms with Crippen LogP contribution < -0.4 is 21.5 Å². The molecule has 0 heterocycles. The molecular weight excluding hydrogens is 168 g/mol. The minimum Gasteiger partial charge on any atom is -0.394 e. The van der Waals surface area contributed by atoms with Gasteiger partial charge >= 0.3 is 0 Å². The Labute approximate surface area is 76.7 Å². The zero-order valence-electron chi connectivity index (χ0n) is 7.96. The van der Waals surface area contributed by atoms with Crippen LogP contribution in [0.15, 0.2) is 9.59 Å². The lowest BCUT2D eigenvalue weighted by molar-refractivity contribution is 0.786. The van der Waals surface area contributed by atoms with Crippen LogP contribution in [0.5, 0.6) is 0 Å². The fourth-order valence-corrected chi connectivity index (χ4v) is 1.41. The summed E-state index contributed by atoms with van der Waals surface area (Å²) in [6.45, 7) is 5.44. The molecule has 2 N–H and O–H groups in total. The molecule has 0 radical (unpaired) electrons. The van der Waals surface area contributed by atoms with Gasteiger partial charge in [0.1, 0.15) is 11.4 Å². The lowest BCUT2D eigenvalue weighted by atomic mass is 10.1. The molecule has 1 rings (SSSR count). The van der Waals surface area contributed by atoms with E-state index in [1.165, 1.54) is 0 Å². The molecule has 0 aliphatic rings. The van der Waals surface area contributed by atoms with Gasteiger partial charge in [-0.2, -0.15) is 0 Å². The van der Waals surface area contributed by atoms with Crippen LogP contribution in [0.4, 0.5) is 11.4 Å². The maximum Gasteiger partial charge on any atom is 0.253 e. The van der Waals surface area contributed by atoms with E-state index in [9.17, 15) is 9.59 Å². The third kappa shape index (κ3) is 1.43. The fraction of sp³-hybridized carbons (Fsp3) is 0.556. The first kappa shape index (κ1) is 9.77. The zero-order valence-corrected chi connectivity index (χ0v) is 7.96. The summed E-state index contributed by atoms with van der Waals surface area (Å²) in [6.07, 6.45) is 0.937. The number of nitrogens with zero attached hydrogens (tertiary/aromatic N) is 1. The third-order valence-electron chi connectivity index (χ3n) is 2.11. The predicted octanol–water partition coefficient (Wildman–Crippen LogP) is 0.101. The number of anilines is 2. The summed E-state index contributed by atoms with van der Waals surface area (Å²) < 4.78 is 0. The highest BCUT2D eigenvalue weighted by Crippen LogP contribution is 2.15. The average molecular weight is 182 g/mol. The summed E-state index contributed by atoms with van der Waals surface area (Å²) in [7, 11) is 0. The fourth-order valence-electron chi connectivity index (χ4n) is 1.41. The lowest BCUT2D eigenvalue weighted by Crippen LogP contribution is -2.42. The van der Waals surface area contributed by atoms with Crippen LogP contribution in [0.25, 0.3) is 0 Å². The van der Waals surface area contributed by atoms with Gasteiger partial charge in [-0.15, -0.1) is 0 Å². The molecule has 0 aliphatic carbocycles. The van der Waals surface area contributed by atoms with Crippen molar-refractivity contribution in [2.75, 3.05) is 23.7 Å². The number of hydrogen-bond donors (Lipinski definition) is 1. The molecule has 72 valence electrons. The molecule has 0 spiro atoms. The number of rotatable bonds is 4. The molecule has 0 aromatic heterocycles. The van der Waals surface area contributed by atoms with Crippen molar-refractivity contribution < 1.29 is 0 Å². The second-order valence-corrected chi connectivity index (χ2v) is 3.00. The zero-order chi connectivity index (χ0) is 10.0. The number of nitrogens with two attached hydrogens (primary N) is 1. The van der Waals surface area contributed by atoms with Crippen molar-refractivity contribution in [3.63, 3.8) is 0 Å². The van der Waals surface area contributed by atoms with E-state index in [2.05, 4.69) is 0 Å². The molecule has 4 nitrogen and oxygen atoms in total. The van der Waals surface area contributed by atoms with Gasteiger partial charge in [0.2, 0.25) is 0 Å². The molecule has 1 aromatic carbocycles. The molecule has 0 unspecified atom stereocenters. The second kappa shape index (κ2) is 3.60. The SMILES string of the molecule is CCCN(CC)c1c(N)c(=O)c1=O. The lowest BCUT2D eigenvalue weighted by Gasteiger charge is -2.23. The number of nitrogen functional groups attached to an aromatic ring is 1. The molecule has 4 heteroatoms. The summed E-state index contributed by atoms with van der Waals surface area (Å²) in [4.78, 5) is 23.8. The van der Waals surface area contributed by atoms with Crippen molar-refractivity contribution >= 4 is 11.4 Å². The first-order valence-corrected chi connectivity index (χ1v) is 4.47. The first-order chi connectivity index (χ1) is 6.13. The van der Waals surface area contributed by atoms with E-state index in [4.69, 9.17) is 5.73 Å². The molecule has 0 bridgehead atoms. The van der Waals surface area contributed by atoms with Crippen molar-refractivity contribution in [1.82, 2.24) is 0 Å². The first-order valence-electron chi connectivity index (χ1n) is 4.47. The Balaban J connectivity index is 2.94. The molecule has 0 saturated heterocycles. The molecular formula is C9H14N2O2. The van der Waals surface area contributed by atoms with Gasteiger partial charge in [0.15, 0.2) is 0 Å². The Morgan fingerprint density at radius 3 is 2.23 bits per heavy atom. The van der Waals surface area contributed by atoms with Crippen LogP contribution in [0.3, 0.4) is 0 Å². The van der Waals surface area contributed by atoms with Crippen molar-refractivity contribution in [2.45, 2.75) is 20.3 Å². The molecule has 1 aromatic rings. The van der Waals surface area contributed by atoms with E-state index in [0.717, 1.165) is 13.0 Å². The van der Waals surface area contributed by atoms with Crippen LogP contribution in [0.2, 0.25) is 0 Å². The molecule has 0 amide bonds. The highest BCUT2D eigenvalue weighted by molar-refractivity contribution is 5.72. The molecule has 0 fully saturated rings.